The van der Waals surface area contributed by atoms with E-state index in [0.29, 0.717) is 27.6 Å². The molecule has 0 saturated heterocycles. The van der Waals surface area contributed by atoms with Crippen LogP contribution in [0.15, 0.2) is 94.8 Å². The second-order valence-electron chi connectivity index (χ2n) is 6.68. The predicted octanol–water partition coefficient (Wildman–Crippen LogP) is 5.12. The van der Waals surface area contributed by atoms with E-state index in [4.69, 9.17) is 11.6 Å². The topological polar surface area (TPSA) is 59.3 Å². The van der Waals surface area contributed by atoms with Gasteiger partial charge < -0.3 is 0 Å². The molecule has 0 fully saturated rings. The van der Waals surface area contributed by atoms with Crippen LogP contribution in [0.1, 0.15) is 11.1 Å². The fourth-order valence-corrected chi connectivity index (χ4v) is 3.22. The van der Waals surface area contributed by atoms with Crippen molar-refractivity contribution in [2.24, 2.45) is 12.1 Å². The van der Waals surface area contributed by atoms with Crippen LogP contribution < -0.4 is 11.0 Å². The van der Waals surface area contributed by atoms with E-state index in [1.54, 1.807) is 13.1 Å². The highest BCUT2D eigenvalue weighted by atomic mass is 35.5. The van der Waals surface area contributed by atoms with E-state index in [1.165, 1.54) is 4.57 Å². The normalized spacial score (nSPS) is 11.9. The third-order valence-electron chi connectivity index (χ3n) is 4.61. The van der Waals surface area contributed by atoms with Gasteiger partial charge in [0.05, 0.1) is 16.6 Å². The van der Waals surface area contributed by atoms with Crippen LogP contribution in [-0.4, -0.2) is 15.3 Å². The average molecular weight is 415 g/mol. The molecule has 6 heteroatoms. The number of hydrazone groups is 1. The summed E-state index contributed by atoms with van der Waals surface area (Å²) in [6, 6.07) is 24.6. The molecule has 0 unspecified atom stereocenters. The lowest BCUT2D eigenvalue weighted by Crippen LogP contribution is -2.21. The van der Waals surface area contributed by atoms with Crippen LogP contribution in [0, 0.1) is 0 Å². The van der Waals surface area contributed by atoms with Crippen molar-refractivity contribution < 1.29 is 0 Å². The summed E-state index contributed by atoms with van der Waals surface area (Å²) in [5, 5.41) is 5.77. The molecule has 1 aromatic heterocycles. The van der Waals surface area contributed by atoms with Crippen molar-refractivity contribution in [3.63, 3.8) is 0 Å². The number of aromatic nitrogens is 2. The Balaban J connectivity index is 1.72. The van der Waals surface area contributed by atoms with Gasteiger partial charge in [0.25, 0.3) is 5.56 Å². The minimum Gasteiger partial charge on any atom is -0.280 e. The van der Waals surface area contributed by atoms with E-state index in [9.17, 15) is 4.79 Å². The van der Waals surface area contributed by atoms with Gasteiger partial charge in [-0.05, 0) is 35.9 Å². The van der Waals surface area contributed by atoms with E-state index >= 15 is 0 Å². The highest BCUT2D eigenvalue weighted by molar-refractivity contribution is 6.30. The molecule has 0 radical (unpaired) electrons. The predicted molar refractivity (Wildman–Crippen MR) is 124 cm³/mol. The van der Waals surface area contributed by atoms with E-state index in [1.807, 2.05) is 84.9 Å². The van der Waals surface area contributed by atoms with E-state index in [0.717, 1.165) is 11.1 Å². The SMILES string of the molecule is Cn1c(N/N=C(/C=C/c2cccc(Cl)c2)c2ccccc2)nc2ccccc2c1=O. The third-order valence-corrected chi connectivity index (χ3v) is 4.85. The maximum atomic E-state index is 12.6. The summed E-state index contributed by atoms with van der Waals surface area (Å²) in [6.45, 7) is 0. The molecule has 5 nitrogen and oxygen atoms in total. The molecule has 1 N–H and O–H groups in total. The zero-order chi connectivity index (χ0) is 20.9. The Morgan fingerprint density at radius 2 is 1.80 bits per heavy atom. The maximum absolute atomic E-state index is 12.6. The van der Waals surface area contributed by atoms with Crippen molar-refractivity contribution in [3.05, 3.63) is 111 Å². The van der Waals surface area contributed by atoms with E-state index in [2.05, 4.69) is 15.5 Å². The second kappa shape index (κ2) is 8.76. The molecule has 0 bridgehead atoms. The Bertz CT molecular complexity index is 1310. The van der Waals surface area contributed by atoms with E-state index < -0.39 is 0 Å². The fourth-order valence-electron chi connectivity index (χ4n) is 3.02. The number of para-hydroxylation sites is 1. The standard InChI is InChI=1S/C24H19ClN4O/c1-29-23(30)20-12-5-6-13-22(20)26-24(29)28-27-21(18-9-3-2-4-10-18)15-14-17-8-7-11-19(25)16-17/h2-16H,1H3,(H,26,28)/b15-14+,27-21-. The number of nitrogens with one attached hydrogen (secondary N) is 1. The zero-order valence-corrected chi connectivity index (χ0v) is 17.0. The number of nitrogens with zero attached hydrogens (tertiary/aromatic N) is 3. The number of allylic oxidation sites excluding steroid dienone is 1. The number of halogens is 1. The molecule has 0 aliphatic rings. The summed E-state index contributed by atoms with van der Waals surface area (Å²) in [7, 11) is 1.67. The smallest absolute Gasteiger partial charge is 0.262 e. The Morgan fingerprint density at radius 3 is 2.60 bits per heavy atom. The molecule has 0 aliphatic carbocycles. The van der Waals surface area contributed by atoms with Crippen molar-refractivity contribution in [2.45, 2.75) is 0 Å². The number of anilines is 1. The summed E-state index contributed by atoms with van der Waals surface area (Å²) in [5.74, 6) is 0.364. The fraction of sp³-hybridized carbons (Fsp3) is 0.0417. The molecular weight excluding hydrogens is 396 g/mol. The molecule has 30 heavy (non-hydrogen) atoms. The number of hydrogen-bond acceptors (Lipinski definition) is 4. The van der Waals surface area contributed by atoms with Crippen molar-refractivity contribution in [1.29, 1.82) is 0 Å². The first-order valence-corrected chi connectivity index (χ1v) is 9.78. The highest BCUT2D eigenvalue weighted by Gasteiger charge is 2.07. The van der Waals surface area contributed by atoms with Crippen molar-refractivity contribution in [1.82, 2.24) is 9.55 Å². The number of rotatable bonds is 5. The van der Waals surface area contributed by atoms with Crippen LogP contribution in [0.25, 0.3) is 17.0 Å². The maximum Gasteiger partial charge on any atom is 0.262 e. The quantitative estimate of drug-likeness (QED) is 0.364. The van der Waals surface area contributed by atoms with Gasteiger partial charge in [-0.1, -0.05) is 72.3 Å². The number of benzene rings is 3. The van der Waals surface area contributed by atoms with Crippen LogP contribution in [0.5, 0.6) is 0 Å². The van der Waals surface area contributed by atoms with Crippen molar-refractivity contribution >= 4 is 40.2 Å². The Hall–Kier alpha value is -3.70. The van der Waals surface area contributed by atoms with Gasteiger partial charge in [0, 0.05) is 17.6 Å². The molecule has 4 rings (SSSR count). The minimum absolute atomic E-state index is 0.131. The van der Waals surface area contributed by atoms with Gasteiger partial charge in [0.15, 0.2) is 0 Å². The van der Waals surface area contributed by atoms with Gasteiger partial charge in [-0.15, -0.1) is 0 Å². The van der Waals surface area contributed by atoms with Crippen molar-refractivity contribution in [2.75, 3.05) is 5.43 Å². The molecule has 3 aromatic carbocycles. The minimum atomic E-state index is -0.131. The average Bonchev–Trinajstić information content (AvgIpc) is 2.77. The monoisotopic (exact) mass is 414 g/mol. The van der Waals surface area contributed by atoms with Crippen LogP contribution >= 0.6 is 11.6 Å². The van der Waals surface area contributed by atoms with Crippen molar-refractivity contribution in [3.8, 4) is 0 Å². The first kappa shape index (κ1) is 19.6. The van der Waals surface area contributed by atoms with Crippen LogP contribution in [0.2, 0.25) is 5.02 Å². The molecule has 1 heterocycles. The molecule has 0 saturated carbocycles. The lowest BCUT2D eigenvalue weighted by molar-refractivity contribution is 0.846. The summed E-state index contributed by atoms with van der Waals surface area (Å²) in [4.78, 5) is 17.1. The molecule has 0 aliphatic heterocycles. The highest BCUT2D eigenvalue weighted by Crippen LogP contribution is 2.14. The number of fused-ring (bicyclic) bond motifs is 1. The van der Waals surface area contributed by atoms with Crippen LogP contribution in [0.3, 0.4) is 0 Å². The zero-order valence-electron chi connectivity index (χ0n) is 16.3. The van der Waals surface area contributed by atoms with Gasteiger partial charge in [-0.2, -0.15) is 5.10 Å². The summed E-state index contributed by atoms with van der Waals surface area (Å²) in [5.41, 5.74) is 6.02. The molecule has 148 valence electrons. The van der Waals surface area contributed by atoms with Crippen LogP contribution in [0.4, 0.5) is 5.95 Å². The summed E-state index contributed by atoms with van der Waals surface area (Å²) in [6.07, 6.45) is 3.83. The van der Waals surface area contributed by atoms with Gasteiger partial charge in [-0.3, -0.25) is 9.36 Å². The van der Waals surface area contributed by atoms with Gasteiger partial charge in [0.2, 0.25) is 5.95 Å². The number of hydrogen-bond donors (Lipinski definition) is 1. The van der Waals surface area contributed by atoms with Gasteiger partial charge in [0.1, 0.15) is 0 Å². The van der Waals surface area contributed by atoms with E-state index in [-0.39, 0.29) is 5.56 Å². The Labute approximate surface area is 179 Å². The van der Waals surface area contributed by atoms with Crippen LogP contribution in [-0.2, 0) is 7.05 Å². The second-order valence-corrected chi connectivity index (χ2v) is 7.12. The summed E-state index contributed by atoms with van der Waals surface area (Å²) >= 11 is 6.08. The molecule has 4 aromatic rings. The summed E-state index contributed by atoms with van der Waals surface area (Å²) < 4.78 is 1.45. The largest absolute Gasteiger partial charge is 0.280 e. The Morgan fingerprint density at radius 1 is 1.03 bits per heavy atom. The molecular formula is C24H19ClN4O. The van der Waals surface area contributed by atoms with Gasteiger partial charge in [-0.25, -0.2) is 10.4 Å². The first-order chi connectivity index (χ1) is 14.6. The van der Waals surface area contributed by atoms with Gasteiger partial charge >= 0.3 is 0 Å². The third kappa shape index (κ3) is 4.31. The Kier molecular flexibility index (Phi) is 5.72. The molecule has 0 atom stereocenters. The first-order valence-electron chi connectivity index (χ1n) is 9.40. The lowest BCUT2D eigenvalue weighted by Gasteiger charge is -2.09. The molecule has 0 spiro atoms. The molecule has 0 amide bonds. The lowest BCUT2D eigenvalue weighted by atomic mass is 10.1.